The molecule has 0 heterocycles. The Hall–Kier alpha value is -0.530. The normalized spacial score (nSPS) is 11.8. The molecule has 2 heteroatoms. The van der Waals surface area contributed by atoms with E-state index in [1.165, 1.54) is 257 Å². The van der Waals surface area contributed by atoms with Gasteiger partial charge in [0.2, 0.25) is 0 Å². The van der Waals surface area contributed by atoms with Gasteiger partial charge in [-0.3, -0.25) is 4.79 Å². The number of carbonyl (C=O) groups excluding carboxylic acids is 1. The summed E-state index contributed by atoms with van der Waals surface area (Å²) in [6, 6.07) is 0. The molecule has 0 aliphatic carbocycles. The lowest BCUT2D eigenvalue weighted by atomic mass is 9.70. The molecule has 0 aliphatic heterocycles. The summed E-state index contributed by atoms with van der Waals surface area (Å²) < 4.78 is 5.53. The highest BCUT2D eigenvalue weighted by atomic mass is 16.5. The largest absolute Gasteiger partial charge is 0.466 e. The van der Waals surface area contributed by atoms with Gasteiger partial charge in [-0.15, -0.1) is 0 Å². The molecule has 0 amide bonds. The van der Waals surface area contributed by atoms with Crippen molar-refractivity contribution >= 4 is 5.97 Å². The van der Waals surface area contributed by atoms with Gasteiger partial charge in [-0.1, -0.05) is 259 Å². The molecule has 0 atom stereocenters. The zero-order valence-corrected chi connectivity index (χ0v) is 36.9. The topological polar surface area (TPSA) is 26.3 Å². The van der Waals surface area contributed by atoms with E-state index in [9.17, 15) is 4.79 Å². The van der Waals surface area contributed by atoms with Gasteiger partial charge in [0.25, 0.3) is 0 Å². The van der Waals surface area contributed by atoms with E-state index in [2.05, 4.69) is 27.7 Å². The van der Waals surface area contributed by atoms with Gasteiger partial charge in [0.15, 0.2) is 0 Å². The van der Waals surface area contributed by atoms with Gasteiger partial charge in [0.1, 0.15) is 0 Å². The van der Waals surface area contributed by atoms with Gasteiger partial charge < -0.3 is 4.74 Å². The Morgan fingerprint density at radius 3 is 0.827 bits per heavy atom. The molecule has 52 heavy (non-hydrogen) atoms. The first-order valence-corrected chi connectivity index (χ1v) is 24.8. The molecule has 0 saturated carbocycles. The van der Waals surface area contributed by atoms with E-state index in [0.717, 1.165) is 12.8 Å². The third-order valence-corrected chi connectivity index (χ3v) is 12.3. The average molecular weight is 733 g/mol. The van der Waals surface area contributed by atoms with Crippen LogP contribution in [-0.4, -0.2) is 12.6 Å². The van der Waals surface area contributed by atoms with Crippen molar-refractivity contribution in [2.75, 3.05) is 6.61 Å². The molecule has 0 fully saturated rings. The molecule has 0 spiro atoms. The first-order chi connectivity index (χ1) is 25.6. The fourth-order valence-corrected chi connectivity index (χ4v) is 8.62. The van der Waals surface area contributed by atoms with E-state index in [1.54, 1.807) is 0 Å². The Morgan fingerprint density at radius 2 is 0.538 bits per heavy atom. The summed E-state index contributed by atoms with van der Waals surface area (Å²) in [5.74, 6) is 0.0332. The second-order valence-electron chi connectivity index (χ2n) is 17.5. The van der Waals surface area contributed by atoms with E-state index < -0.39 is 0 Å². The van der Waals surface area contributed by atoms with Crippen molar-refractivity contribution in [3.8, 4) is 0 Å². The van der Waals surface area contributed by atoms with Crippen molar-refractivity contribution < 1.29 is 9.53 Å². The lowest BCUT2D eigenvalue weighted by molar-refractivity contribution is -0.143. The average Bonchev–Trinajstić information content (AvgIpc) is 3.15. The number of ether oxygens (including phenoxy) is 1. The highest BCUT2D eigenvalue weighted by molar-refractivity contribution is 5.69. The van der Waals surface area contributed by atoms with Gasteiger partial charge in [-0.05, 0) is 43.9 Å². The standard InChI is InChI=1S/C50H100O2/c1-5-9-13-17-21-22-23-25-28-31-37-43-49(51)52-48-42-36-30-27-24-26-29-35-41-47-50(44-38-32-18-14-10-6-2,45-39-33-19-15-11-7-3)46-40-34-20-16-12-8-4/h5-48H2,1-4H3. The molecular formula is C50H100O2. The lowest BCUT2D eigenvalue weighted by Crippen LogP contribution is -2.21. The van der Waals surface area contributed by atoms with Crippen LogP contribution >= 0.6 is 0 Å². The summed E-state index contributed by atoms with van der Waals surface area (Å²) in [6.45, 7) is 9.94. The fraction of sp³-hybridized carbons (Fsp3) is 0.980. The van der Waals surface area contributed by atoms with Crippen LogP contribution in [0.2, 0.25) is 0 Å². The Morgan fingerprint density at radius 1 is 0.308 bits per heavy atom. The Kier molecular flexibility index (Phi) is 42.8. The summed E-state index contributed by atoms with van der Waals surface area (Å²) >= 11 is 0. The highest BCUT2D eigenvalue weighted by Crippen LogP contribution is 2.42. The Labute approximate surface area is 330 Å². The van der Waals surface area contributed by atoms with Gasteiger partial charge in [-0.2, -0.15) is 0 Å². The Bertz CT molecular complexity index is 630. The number of carbonyl (C=O) groups is 1. The minimum Gasteiger partial charge on any atom is -0.466 e. The van der Waals surface area contributed by atoms with Crippen LogP contribution in [-0.2, 0) is 9.53 Å². The second-order valence-corrected chi connectivity index (χ2v) is 17.5. The van der Waals surface area contributed by atoms with Crippen LogP contribution in [0.4, 0.5) is 0 Å². The van der Waals surface area contributed by atoms with E-state index in [4.69, 9.17) is 4.74 Å². The van der Waals surface area contributed by atoms with Gasteiger partial charge in [0.05, 0.1) is 6.61 Å². The van der Waals surface area contributed by atoms with E-state index >= 15 is 0 Å². The SMILES string of the molecule is CCCCCCCCCCCCCC(=O)OCCCCCCCCCCCC(CCCCCCCC)(CCCCCCCC)CCCCCCCC. The maximum atomic E-state index is 12.1. The van der Waals surface area contributed by atoms with Crippen LogP contribution in [0.3, 0.4) is 0 Å². The zero-order chi connectivity index (χ0) is 37.9. The van der Waals surface area contributed by atoms with Crippen LogP contribution < -0.4 is 0 Å². The maximum absolute atomic E-state index is 12.1. The molecule has 0 aromatic rings. The second kappa shape index (κ2) is 43.2. The van der Waals surface area contributed by atoms with Gasteiger partial charge in [-0.25, -0.2) is 0 Å². The van der Waals surface area contributed by atoms with Gasteiger partial charge >= 0.3 is 5.97 Å². The van der Waals surface area contributed by atoms with Crippen LogP contribution in [0.1, 0.15) is 304 Å². The first-order valence-electron chi connectivity index (χ1n) is 24.8. The third kappa shape index (κ3) is 37.8. The lowest BCUT2D eigenvalue weighted by Gasteiger charge is -2.35. The van der Waals surface area contributed by atoms with Gasteiger partial charge in [0, 0.05) is 6.42 Å². The summed E-state index contributed by atoms with van der Waals surface area (Å²) in [5.41, 5.74) is 0.636. The summed E-state index contributed by atoms with van der Waals surface area (Å²) in [5, 5.41) is 0. The fourth-order valence-electron chi connectivity index (χ4n) is 8.62. The highest BCUT2D eigenvalue weighted by Gasteiger charge is 2.28. The van der Waals surface area contributed by atoms with Crippen LogP contribution in [0.25, 0.3) is 0 Å². The summed E-state index contributed by atoms with van der Waals surface area (Å²) in [7, 11) is 0. The molecule has 0 aliphatic rings. The monoisotopic (exact) mass is 733 g/mol. The van der Waals surface area contributed by atoms with Crippen molar-refractivity contribution in [3.63, 3.8) is 0 Å². The van der Waals surface area contributed by atoms with E-state index in [0.29, 0.717) is 18.4 Å². The quantitative estimate of drug-likeness (QED) is 0.0460. The minimum absolute atomic E-state index is 0.0332. The third-order valence-electron chi connectivity index (χ3n) is 12.3. The molecule has 312 valence electrons. The van der Waals surface area contributed by atoms with Crippen molar-refractivity contribution in [2.24, 2.45) is 5.41 Å². The number of rotatable bonds is 45. The van der Waals surface area contributed by atoms with Crippen LogP contribution in [0.5, 0.6) is 0 Å². The van der Waals surface area contributed by atoms with E-state index in [-0.39, 0.29) is 5.97 Å². The minimum atomic E-state index is 0.0332. The Balaban J connectivity index is 4.20. The molecule has 0 saturated heterocycles. The van der Waals surface area contributed by atoms with Crippen LogP contribution in [0, 0.1) is 5.41 Å². The van der Waals surface area contributed by atoms with Crippen molar-refractivity contribution in [2.45, 2.75) is 304 Å². The van der Waals surface area contributed by atoms with Crippen molar-refractivity contribution in [1.82, 2.24) is 0 Å². The first kappa shape index (κ1) is 51.5. The summed E-state index contributed by atoms with van der Waals surface area (Å²) in [4.78, 5) is 12.1. The summed E-state index contributed by atoms with van der Waals surface area (Å²) in [6.07, 6.45) is 59.2. The molecule has 0 N–H and O–H groups in total. The molecular weight excluding hydrogens is 633 g/mol. The smallest absolute Gasteiger partial charge is 0.305 e. The van der Waals surface area contributed by atoms with Crippen LogP contribution in [0.15, 0.2) is 0 Å². The molecule has 0 unspecified atom stereocenters. The molecule has 0 radical (unpaired) electrons. The molecule has 0 rings (SSSR count). The number of esters is 1. The van der Waals surface area contributed by atoms with Crippen molar-refractivity contribution in [1.29, 1.82) is 0 Å². The maximum Gasteiger partial charge on any atom is 0.305 e. The number of hydrogen-bond acceptors (Lipinski definition) is 2. The molecule has 0 aromatic heterocycles. The predicted octanol–water partition coefficient (Wildman–Crippen LogP) is 18.4. The zero-order valence-electron chi connectivity index (χ0n) is 36.9. The molecule has 0 aromatic carbocycles. The van der Waals surface area contributed by atoms with Crippen molar-refractivity contribution in [3.05, 3.63) is 0 Å². The number of hydrogen-bond donors (Lipinski definition) is 0. The molecule has 2 nitrogen and oxygen atoms in total. The number of unbranched alkanes of at least 4 members (excludes halogenated alkanes) is 33. The molecule has 0 bridgehead atoms. The van der Waals surface area contributed by atoms with E-state index in [1.807, 2.05) is 0 Å². The predicted molar refractivity (Wildman–Crippen MR) is 235 cm³/mol.